The molecule has 1 rings (SSSR count). The maximum atomic E-state index is 11.1. The van der Waals surface area contributed by atoms with Crippen molar-refractivity contribution in [1.82, 2.24) is 0 Å². The Bertz CT molecular complexity index is 206. The third-order valence-electron chi connectivity index (χ3n) is 2.14. The van der Waals surface area contributed by atoms with Gasteiger partial charge < -0.3 is 14.3 Å². The van der Waals surface area contributed by atoms with Gasteiger partial charge in [-0.05, 0) is 19.8 Å². The molecule has 0 bridgehead atoms. The molecule has 1 heterocycles. The van der Waals surface area contributed by atoms with Crippen LogP contribution in [0.4, 0.5) is 0 Å². The zero-order valence-electron chi connectivity index (χ0n) is 8.45. The lowest BCUT2D eigenvalue weighted by Gasteiger charge is -2.09. The summed E-state index contributed by atoms with van der Waals surface area (Å²) >= 11 is 0. The third kappa shape index (κ3) is 4.37. The van der Waals surface area contributed by atoms with Crippen LogP contribution in [0.2, 0.25) is 0 Å². The smallest absolute Gasteiger partial charge is 0.306 e. The summed E-state index contributed by atoms with van der Waals surface area (Å²) in [7, 11) is 0. The van der Waals surface area contributed by atoms with Crippen LogP contribution >= 0.6 is 0 Å². The van der Waals surface area contributed by atoms with E-state index in [1.807, 2.05) is 0 Å². The first kappa shape index (κ1) is 11.2. The molecule has 1 saturated heterocycles. The zero-order valence-corrected chi connectivity index (χ0v) is 8.45. The SMILES string of the molecule is CC(=O)CCC(=O)OC[C@@H]1CCCO1. The average Bonchev–Trinajstić information content (AvgIpc) is 2.63. The number of hydrogen-bond donors (Lipinski definition) is 0. The summed E-state index contributed by atoms with van der Waals surface area (Å²) in [5.74, 6) is -0.297. The number of ketones is 1. The van der Waals surface area contributed by atoms with E-state index in [2.05, 4.69) is 0 Å². The summed E-state index contributed by atoms with van der Waals surface area (Å²) in [4.78, 5) is 21.7. The van der Waals surface area contributed by atoms with Gasteiger partial charge in [0, 0.05) is 13.0 Å². The van der Waals surface area contributed by atoms with E-state index < -0.39 is 0 Å². The van der Waals surface area contributed by atoms with Crippen LogP contribution in [0.15, 0.2) is 0 Å². The Morgan fingerprint density at radius 3 is 2.79 bits per heavy atom. The Morgan fingerprint density at radius 2 is 2.21 bits per heavy atom. The number of rotatable bonds is 5. The van der Waals surface area contributed by atoms with E-state index in [1.165, 1.54) is 6.92 Å². The molecule has 4 heteroatoms. The summed E-state index contributed by atoms with van der Waals surface area (Å²) in [6.07, 6.45) is 2.51. The van der Waals surface area contributed by atoms with Crippen LogP contribution in [0.3, 0.4) is 0 Å². The first-order valence-corrected chi connectivity index (χ1v) is 4.95. The van der Waals surface area contributed by atoms with E-state index in [1.54, 1.807) is 0 Å². The largest absolute Gasteiger partial charge is 0.463 e. The molecule has 0 spiro atoms. The van der Waals surface area contributed by atoms with E-state index in [0.717, 1.165) is 19.4 Å². The second-order valence-electron chi connectivity index (χ2n) is 3.52. The van der Waals surface area contributed by atoms with Crippen molar-refractivity contribution >= 4 is 11.8 Å². The van der Waals surface area contributed by atoms with E-state index in [0.29, 0.717) is 6.61 Å². The highest BCUT2D eigenvalue weighted by Crippen LogP contribution is 2.12. The lowest BCUT2D eigenvalue weighted by molar-refractivity contribution is -0.147. The summed E-state index contributed by atoms with van der Waals surface area (Å²) in [5.41, 5.74) is 0. The third-order valence-corrected chi connectivity index (χ3v) is 2.14. The Morgan fingerprint density at radius 1 is 1.43 bits per heavy atom. The molecule has 1 atom stereocenters. The predicted molar refractivity (Wildman–Crippen MR) is 49.8 cm³/mol. The van der Waals surface area contributed by atoms with Crippen molar-refractivity contribution in [2.75, 3.05) is 13.2 Å². The minimum atomic E-state index is -0.310. The number of carbonyl (C=O) groups is 2. The second-order valence-corrected chi connectivity index (χ2v) is 3.52. The molecule has 0 aliphatic carbocycles. The van der Waals surface area contributed by atoms with Crippen LogP contribution in [0, 0.1) is 0 Å². The molecule has 0 unspecified atom stereocenters. The topological polar surface area (TPSA) is 52.6 Å². The molecule has 80 valence electrons. The number of esters is 1. The van der Waals surface area contributed by atoms with Crippen molar-refractivity contribution in [3.05, 3.63) is 0 Å². The van der Waals surface area contributed by atoms with Crippen LogP contribution in [0.25, 0.3) is 0 Å². The van der Waals surface area contributed by atoms with Gasteiger partial charge in [-0.15, -0.1) is 0 Å². The van der Waals surface area contributed by atoms with Crippen LogP contribution < -0.4 is 0 Å². The fraction of sp³-hybridized carbons (Fsp3) is 0.800. The fourth-order valence-corrected chi connectivity index (χ4v) is 1.31. The number of ether oxygens (including phenoxy) is 2. The van der Waals surface area contributed by atoms with Crippen LogP contribution in [0.5, 0.6) is 0 Å². The monoisotopic (exact) mass is 200 g/mol. The fourth-order valence-electron chi connectivity index (χ4n) is 1.31. The molecule has 0 aromatic carbocycles. The molecule has 0 aromatic rings. The summed E-state index contributed by atoms with van der Waals surface area (Å²) in [5, 5.41) is 0. The van der Waals surface area contributed by atoms with Crippen molar-refractivity contribution in [3.8, 4) is 0 Å². The molecule has 0 amide bonds. The second kappa shape index (κ2) is 5.75. The average molecular weight is 200 g/mol. The van der Waals surface area contributed by atoms with Gasteiger partial charge in [0.25, 0.3) is 0 Å². The first-order chi connectivity index (χ1) is 6.68. The lowest BCUT2D eigenvalue weighted by atomic mass is 10.2. The van der Waals surface area contributed by atoms with Gasteiger partial charge in [0.1, 0.15) is 12.4 Å². The molecular formula is C10H16O4. The summed E-state index contributed by atoms with van der Waals surface area (Å²) in [6.45, 7) is 2.56. The maximum Gasteiger partial charge on any atom is 0.306 e. The van der Waals surface area contributed by atoms with Gasteiger partial charge in [0.15, 0.2) is 0 Å². The van der Waals surface area contributed by atoms with Crippen molar-refractivity contribution in [1.29, 1.82) is 0 Å². The van der Waals surface area contributed by atoms with Gasteiger partial charge in [0.05, 0.1) is 12.5 Å². The van der Waals surface area contributed by atoms with Crippen molar-refractivity contribution in [2.45, 2.75) is 38.7 Å². The van der Waals surface area contributed by atoms with Crippen molar-refractivity contribution < 1.29 is 19.1 Å². The van der Waals surface area contributed by atoms with E-state index in [-0.39, 0.29) is 30.7 Å². The standard InChI is InChI=1S/C10H16O4/c1-8(11)4-5-10(12)14-7-9-3-2-6-13-9/h9H,2-7H2,1H3/t9-/m0/s1. The van der Waals surface area contributed by atoms with Crippen LogP contribution in [-0.2, 0) is 19.1 Å². The van der Waals surface area contributed by atoms with E-state index in [4.69, 9.17) is 9.47 Å². The minimum Gasteiger partial charge on any atom is -0.463 e. The summed E-state index contributed by atoms with van der Waals surface area (Å²) in [6, 6.07) is 0. The van der Waals surface area contributed by atoms with Gasteiger partial charge in [-0.2, -0.15) is 0 Å². The molecule has 1 aliphatic heterocycles. The van der Waals surface area contributed by atoms with Gasteiger partial charge in [-0.25, -0.2) is 0 Å². The molecule has 14 heavy (non-hydrogen) atoms. The molecule has 0 N–H and O–H groups in total. The number of Topliss-reactive ketones (excluding diaryl/α,β-unsaturated/α-hetero) is 1. The maximum absolute atomic E-state index is 11.1. The Hall–Kier alpha value is -0.900. The Balaban J connectivity index is 2.05. The Kier molecular flexibility index (Phi) is 4.59. The minimum absolute atomic E-state index is 0.0130. The first-order valence-electron chi connectivity index (χ1n) is 4.95. The highest BCUT2D eigenvalue weighted by atomic mass is 16.6. The molecule has 1 aliphatic rings. The van der Waals surface area contributed by atoms with Crippen LogP contribution in [0.1, 0.15) is 32.6 Å². The van der Waals surface area contributed by atoms with Gasteiger partial charge in [-0.3, -0.25) is 4.79 Å². The normalized spacial score (nSPS) is 20.8. The lowest BCUT2D eigenvalue weighted by Crippen LogP contribution is -2.18. The zero-order chi connectivity index (χ0) is 10.4. The summed E-state index contributed by atoms with van der Waals surface area (Å²) < 4.78 is 10.2. The molecule has 0 aromatic heterocycles. The predicted octanol–water partition coefficient (Wildman–Crippen LogP) is 1.08. The Labute approximate surface area is 83.6 Å². The van der Waals surface area contributed by atoms with Gasteiger partial charge >= 0.3 is 5.97 Å². The number of hydrogen-bond acceptors (Lipinski definition) is 4. The highest BCUT2D eigenvalue weighted by Gasteiger charge is 2.17. The van der Waals surface area contributed by atoms with Crippen molar-refractivity contribution in [2.24, 2.45) is 0 Å². The van der Waals surface area contributed by atoms with Crippen LogP contribution in [-0.4, -0.2) is 31.1 Å². The van der Waals surface area contributed by atoms with Gasteiger partial charge in [-0.1, -0.05) is 0 Å². The highest BCUT2D eigenvalue weighted by molar-refractivity contribution is 5.80. The molecule has 1 fully saturated rings. The van der Waals surface area contributed by atoms with E-state index >= 15 is 0 Å². The number of carbonyl (C=O) groups excluding carboxylic acids is 2. The van der Waals surface area contributed by atoms with Crippen molar-refractivity contribution in [3.63, 3.8) is 0 Å². The quantitative estimate of drug-likeness (QED) is 0.623. The molecular weight excluding hydrogens is 184 g/mol. The molecule has 0 radical (unpaired) electrons. The molecule has 4 nitrogen and oxygen atoms in total. The van der Waals surface area contributed by atoms with Gasteiger partial charge in [0.2, 0.25) is 0 Å². The molecule has 0 saturated carbocycles. The van der Waals surface area contributed by atoms with E-state index in [9.17, 15) is 9.59 Å².